The van der Waals surface area contributed by atoms with Gasteiger partial charge in [-0.15, -0.1) is 0 Å². The van der Waals surface area contributed by atoms with Gasteiger partial charge in [-0.2, -0.15) is 0 Å². The zero-order chi connectivity index (χ0) is 6.91. The van der Waals surface area contributed by atoms with Gasteiger partial charge in [-0.25, -0.2) is 0 Å². The number of nitrogens with one attached hydrogen (secondary N) is 1. The van der Waals surface area contributed by atoms with Crippen LogP contribution in [0.3, 0.4) is 0 Å². The molecule has 1 saturated heterocycles. The average Bonchev–Trinajstić information content (AvgIpc) is 2.10. The molecular weight excluding hydrogens is 237 g/mol. The molecule has 1 fully saturated rings. The van der Waals surface area contributed by atoms with E-state index in [1.807, 2.05) is 0 Å². The normalized spacial score (nSPS) is 29.7. The smallest absolute Gasteiger partial charge is 0.0824 e. The molecule has 0 amide bonds. The molecule has 0 aromatic heterocycles. The first kappa shape index (κ1) is 10.7. The minimum absolute atomic E-state index is 0. The Morgan fingerprint density at radius 3 is 2.20 bits per heavy atom. The Morgan fingerprint density at radius 2 is 2.00 bits per heavy atom. The van der Waals surface area contributed by atoms with Crippen molar-refractivity contribution in [3.8, 4) is 0 Å². The molecule has 1 atom stereocenters. The van der Waals surface area contributed by atoms with Crippen molar-refractivity contribution in [2.75, 3.05) is 19.6 Å². The number of quaternary nitrogens is 1. The maximum atomic E-state index is 2.37. The Morgan fingerprint density at radius 1 is 1.40 bits per heavy atom. The second-order valence-corrected chi connectivity index (χ2v) is 3.94. The first-order chi connectivity index (χ1) is 4.14. The fraction of sp³-hybridized carbons (Fsp3) is 1.00. The molecule has 0 aliphatic carbocycles. The maximum absolute atomic E-state index is 2.37. The van der Waals surface area contributed by atoms with Crippen molar-refractivity contribution in [3.63, 3.8) is 0 Å². The van der Waals surface area contributed by atoms with Crippen LogP contribution >= 0.6 is 0 Å². The third-order valence-corrected chi connectivity index (χ3v) is 2.38. The largest absolute Gasteiger partial charge is 1.00 e. The molecule has 10 heavy (non-hydrogen) atoms. The summed E-state index contributed by atoms with van der Waals surface area (Å²) in [6, 6.07) is 0. The summed E-state index contributed by atoms with van der Waals surface area (Å²) in [6.45, 7) is 11.1. The van der Waals surface area contributed by atoms with Crippen LogP contribution in [0.5, 0.6) is 0 Å². The molecule has 1 aliphatic rings. The molecule has 0 spiro atoms. The highest BCUT2D eigenvalue weighted by Crippen LogP contribution is 2.19. The summed E-state index contributed by atoms with van der Waals surface area (Å²) in [5.74, 6) is 0. The molecule has 1 N–H and O–H groups in total. The van der Waals surface area contributed by atoms with E-state index in [4.69, 9.17) is 0 Å². The van der Waals surface area contributed by atoms with Crippen molar-refractivity contribution in [2.24, 2.45) is 5.41 Å². The van der Waals surface area contributed by atoms with Gasteiger partial charge in [0.05, 0.1) is 19.6 Å². The van der Waals surface area contributed by atoms with Crippen LogP contribution in [0, 0.1) is 5.41 Å². The lowest BCUT2D eigenvalue weighted by Gasteiger charge is -2.14. The van der Waals surface area contributed by atoms with E-state index in [0.717, 1.165) is 0 Å². The Balaban J connectivity index is 0.000000810. The standard InChI is InChI=1S/C8H17N.HI/c1-4-9-6-5-8(2,3)7-9;/h4-7H2,1-3H3;1H. The topological polar surface area (TPSA) is 4.44 Å². The van der Waals surface area contributed by atoms with Gasteiger partial charge in [0.15, 0.2) is 0 Å². The third kappa shape index (κ3) is 2.74. The molecule has 1 rings (SSSR count). The summed E-state index contributed by atoms with van der Waals surface area (Å²) in [5, 5.41) is 0. The summed E-state index contributed by atoms with van der Waals surface area (Å²) in [6.07, 6.45) is 1.41. The molecule has 2 heteroatoms. The number of likely N-dealkylation sites (tertiary alicyclic amines) is 1. The number of hydrogen-bond acceptors (Lipinski definition) is 0. The van der Waals surface area contributed by atoms with E-state index < -0.39 is 0 Å². The van der Waals surface area contributed by atoms with Gasteiger partial charge in [0.25, 0.3) is 0 Å². The molecule has 0 radical (unpaired) electrons. The van der Waals surface area contributed by atoms with Crippen molar-refractivity contribution in [2.45, 2.75) is 27.2 Å². The van der Waals surface area contributed by atoms with E-state index in [0.29, 0.717) is 5.41 Å². The van der Waals surface area contributed by atoms with Crippen LogP contribution in [0.2, 0.25) is 0 Å². The van der Waals surface area contributed by atoms with Gasteiger partial charge < -0.3 is 28.9 Å². The number of hydrogen-bond donors (Lipinski definition) is 1. The first-order valence-corrected chi connectivity index (χ1v) is 3.97. The monoisotopic (exact) mass is 255 g/mol. The van der Waals surface area contributed by atoms with Crippen LogP contribution in [0.1, 0.15) is 27.2 Å². The molecule has 0 aromatic carbocycles. The predicted octanol–water partition coefficient (Wildman–Crippen LogP) is -2.67. The minimum atomic E-state index is 0. The second kappa shape index (κ2) is 3.90. The van der Waals surface area contributed by atoms with Crippen LogP contribution in [0.4, 0.5) is 0 Å². The summed E-state index contributed by atoms with van der Waals surface area (Å²) in [7, 11) is 0. The summed E-state index contributed by atoms with van der Waals surface area (Å²) >= 11 is 0. The number of rotatable bonds is 1. The highest BCUT2D eigenvalue weighted by atomic mass is 127. The predicted molar refractivity (Wildman–Crippen MR) is 39.6 cm³/mol. The third-order valence-electron chi connectivity index (χ3n) is 2.38. The highest BCUT2D eigenvalue weighted by Gasteiger charge is 2.31. The molecule has 0 bridgehead atoms. The van der Waals surface area contributed by atoms with Crippen LogP contribution in [0.15, 0.2) is 0 Å². The van der Waals surface area contributed by atoms with Crippen LogP contribution < -0.4 is 28.9 Å². The second-order valence-electron chi connectivity index (χ2n) is 3.94. The van der Waals surface area contributed by atoms with Gasteiger partial charge in [0.2, 0.25) is 0 Å². The average molecular weight is 255 g/mol. The maximum Gasteiger partial charge on any atom is 0.0824 e. The number of halogens is 1. The fourth-order valence-electron chi connectivity index (χ4n) is 1.67. The lowest BCUT2D eigenvalue weighted by molar-refractivity contribution is -0.888. The van der Waals surface area contributed by atoms with Crippen molar-refractivity contribution in [1.29, 1.82) is 0 Å². The van der Waals surface area contributed by atoms with Crippen molar-refractivity contribution >= 4 is 0 Å². The summed E-state index contributed by atoms with van der Waals surface area (Å²) < 4.78 is 0. The van der Waals surface area contributed by atoms with E-state index in [9.17, 15) is 0 Å². The fourth-order valence-corrected chi connectivity index (χ4v) is 1.67. The van der Waals surface area contributed by atoms with E-state index in [2.05, 4.69) is 20.8 Å². The van der Waals surface area contributed by atoms with E-state index in [1.54, 1.807) is 4.90 Å². The lowest BCUT2D eigenvalue weighted by atomic mass is 9.93. The quantitative estimate of drug-likeness (QED) is 0.487. The van der Waals surface area contributed by atoms with Gasteiger partial charge in [0, 0.05) is 11.8 Å². The van der Waals surface area contributed by atoms with Crippen LogP contribution in [0.25, 0.3) is 0 Å². The SMILES string of the molecule is CC[NH+]1CCC(C)(C)C1.[I-]. The van der Waals surface area contributed by atoms with Gasteiger partial charge in [-0.05, 0) is 6.92 Å². The minimum Gasteiger partial charge on any atom is -1.00 e. The zero-order valence-corrected chi connectivity index (χ0v) is 9.36. The van der Waals surface area contributed by atoms with Crippen molar-refractivity contribution < 1.29 is 28.9 Å². The lowest BCUT2D eigenvalue weighted by Crippen LogP contribution is -3.10. The molecule has 0 aromatic rings. The van der Waals surface area contributed by atoms with Gasteiger partial charge >= 0.3 is 0 Å². The van der Waals surface area contributed by atoms with Crippen LogP contribution in [-0.4, -0.2) is 19.6 Å². The van der Waals surface area contributed by atoms with Crippen LogP contribution in [-0.2, 0) is 0 Å². The summed E-state index contributed by atoms with van der Waals surface area (Å²) in [5.41, 5.74) is 0.630. The van der Waals surface area contributed by atoms with Crippen molar-refractivity contribution in [1.82, 2.24) is 0 Å². The molecule has 62 valence electrons. The van der Waals surface area contributed by atoms with E-state index >= 15 is 0 Å². The van der Waals surface area contributed by atoms with Crippen molar-refractivity contribution in [3.05, 3.63) is 0 Å². The van der Waals surface area contributed by atoms with Gasteiger partial charge in [-0.3, -0.25) is 0 Å². The Bertz CT molecular complexity index is 101. The highest BCUT2D eigenvalue weighted by molar-refractivity contribution is 4.70. The molecule has 0 saturated carbocycles. The molecule has 1 heterocycles. The zero-order valence-electron chi connectivity index (χ0n) is 7.21. The molecular formula is C8H18IN. The first-order valence-electron chi connectivity index (χ1n) is 3.97. The molecule has 1 aliphatic heterocycles. The Labute approximate surface area is 81.2 Å². The van der Waals surface area contributed by atoms with E-state index in [1.165, 1.54) is 26.1 Å². The molecule has 1 unspecified atom stereocenters. The Kier molecular flexibility index (Phi) is 4.17. The Hall–Kier alpha value is 0.690. The van der Waals surface area contributed by atoms with E-state index in [-0.39, 0.29) is 24.0 Å². The molecule has 1 nitrogen and oxygen atoms in total. The summed E-state index contributed by atoms with van der Waals surface area (Å²) in [4.78, 5) is 1.78. The van der Waals surface area contributed by atoms with Gasteiger partial charge in [0.1, 0.15) is 0 Å². The van der Waals surface area contributed by atoms with Gasteiger partial charge in [-0.1, -0.05) is 13.8 Å².